The highest BCUT2D eigenvalue weighted by molar-refractivity contribution is 5.85. The second-order valence-electron chi connectivity index (χ2n) is 5.65. The van der Waals surface area contributed by atoms with E-state index < -0.39 is 6.04 Å². The van der Waals surface area contributed by atoms with Gasteiger partial charge in [-0.1, -0.05) is 38.5 Å². The number of aromatic nitrogens is 2. The summed E-state index contributed by atoms with van der Waals surface area (Å²) < 4.78 is 1.80. The molecule has 126 valence electrons. The zero-order valence-electron chi connectivity index (χ0n) is 13.8. The van der Waals surface area contributed by atoms with Crippen LogP contribution in [0.15, 0.2) is 42.7 Å². The Morgan fingerprint density at radius 1 is 1.30 bits per heavy atom. The van der Waals surface area contributed by atoms with Crippen molar-refractivity contribution in [3.63, 3.8) is 0 Å². The van der Waals surface area contributed by atoms with Crippen LogP contribution in [0.4, 0.5) is 0 Å². The summed E-state index contributed by atoms with van der Waals surface area (Å²) in [6, 6.07) is 9.15. The fourth-order valence-electron chi connectivity index (χ4n) is 2.37. The number of halogens is 1. The Labute approximate surface area is 143 Å². The van der Waals surface area contributed by atoms with Crippen molar-refractivity contribution in [3.05, 3.63) is 48.3 Å². The monoisotopic (exact) mass is 336 g/mol. The van der Waals surface area contributed by atoms with Gasteiger partial charge in [0.1, 0.15) is 0 Å². The van der Waals surface area contributed by atoms with Crippen molar-refractivity contribution in [2.24, 2.45) is 11.7 Å². The molecule has 3 unspecified atom stereocenters. The second-order valence-corrected chi connectivity index (χ2v) is 5.65. The molecule has 1 heterocycles. The van der Waals surface area contributed by atoms with E-state index in [0.29, 0.717) is 0 Å². The number of para-hydroxylation sites is 1. The molecule has 0 aliphatic heterocycles. The van der Waals surface area contributed by atoms with Crippen LogP contribution in [-0.4, -0.2) is 21.7 Å². The van der Waals surface area contributed by atoms with Crippen LogP contribution in [0.2, 0.25) is 0 Å². The molecule has 3 N–H and O–H groups in total. The average Bonchev–Trinajstić information content (AvgIpc) is 3.07. The van der Waals surface area contributed by atoms with Crippen LogP contribution in [0.5, 0.6) is 0 Å². The molecular weight excluding hydrogens is 312 g/mol. The van der Waals surface area contributed by atoms with Crippen molar-refractivity contribution >= 4 is 18.3 Å². The van der Waals surface area contributed by atoms with E-state index in [0.717, 1.165) is 17.7 Å². The molecule has 0 aliphatic rings. The Kier molecular flexibility index (Phi) is 7.26. The molecule has 1 amide bonds. The minimum absolute atomic E-state index is 0. The number of hydrogen-bond acceptors (Lipinski definition) is 3. The van der Waals surface area contributed by atoms with Gasteiger partial charge in [0.25, 0.3) is 0 Å². The predicted octanol–water partition coefficient (Wildman–Crippen LogP) is 2.84. The van der Waals surface area contributed by atoms with Crippen molar-refractivity contribution in [2.45, 2.75) is 39.3 Å². The number of nitrogens with one attached hydrogen (secondary N) is 1. The third-order valence-electron chi connectivity index (χ3n) is 4.07. The van der Waals surface area contributed by atoms with Crippen LogP contribution in [-0.2, 0) is 4.79 Å². The third kappa shape index (κ3) is 4.56. The molecule has 23 heavy (non-hydrogen) atoms. The van der Waals surface area contributed by atoms with E-state index in [1.165, 1.54) is 0 Å². The normalized spacial score (nSPS) is 14.4. The van der Waals surface area contributed by atoms with Gasteiger partial charge in [0, 0.05) is 12.4 Å². The summed E-state index contributed by atoms with van der Waals surface area (Å²) in [5, 5.41) is 7.27. The summed E-state index contributed by atoms with van der Waals surface area (Å²) in [4.78, 5) is 12.3. The summed E-state index contributed by atoms with van der Waals surface area (Å²) in [6.45, 7) is 5.99. The van der Waals surface area contributed by atoms with E-state index in [2.05, 4.69) is 10.4 Å². The molecule has 0 bridgehead atoms. The van der Waals surface area contributed by atoms with Gasteiger partial charge < -0.3 is 11.1 Å². The van der Waals surface area contributed by atoms with E-state index in [9.17, 15) is 4.79 Å². The number of rotatable bonds is 6. The number of carbonyl (C=O) groups excluding carboxylic acids is 1. The first kappa shape index (κ1) is 19.2. The Balaban J connectivity index is 0.00000264. The molecule has 0 fully saturated rings. The van der Waals surface area contributed by atoms with Crippen molar-refractivity contribution in [1.82, 2.24) is 15.1 Å². The van der Waals surface area contributed by atoms with Crippen molar-refractivity contribution < 1.29 is 4.79 Å². The zero-order chi connectivity index (χ0) is 16.1. The average molecular weight is 337 g/mol. The summed E-state index contributed by atoms with van der Waals surface area (Å²) in [7, 11) is 0. The number of nitrogens with two attached hydrogens (primary N) is 1. The Morgan fingerprint density at radius 2 is 2.00 bits per heavy atom. The van der Waals surface area contributed by atoms with Crippen LogP contribution < -0.4 is 11.1 Å². The number of benzene rings is 1. The largest absolute Gasteiger partial charge is 0.348 e. The Bertz CT molecular complexity index is 615. The number of hydrogen-bond donors (Lipinski definition) is 2. The smallest absolute Gasteiger partial charge is 0.237 e. The topological polar surface area (TPSA) is 72.9 Å². The number of nitrogens with zero attached hydrogens (tertiary/aromatic N) is 2. The molecular formula is C17H25ClN4O. The lowest BCUT2D eigenvalue weighted by Gasteiger charge is -2.22. The minimum Gasteiger partial charge on any atom is -0.348 e. The highest BCUT2D eigenvalue weighted by Gasteiger charge is 2.22. The molecule has 2 rings (SSSR count). The molecule has 1 aromatic heterocycles. The third-order valence-corrected chi connectivity index (χ3v) is 4.07. The molecule has 0 radical (unpaired) electrons. The number of carbonyl (C=O) groups is 1. The standard InChI is InChI=1S/C17H24N4O.ClH/c1-4-12(2)16(18)17(22)20-13(3)14-8-5-6-9-15(14)21-11-7-10-19-21;/h5-13,16H,4,18H2,1-3H3,(H,20,22);1H. The van der Waals surface area contributed by atoms with Crippen molar-refractivity contribution in [3.8, 4) is 5.69 Å². The molecule has 5 nitrogen and oxygen atoms in total. The molecule has 3 atom stereocenters. The zero-order valence-corrected chi connectivity index (χ0v) is 14.6. The first-order valence-electron chi connectivity index (χ1n) is 7.69. The molecule has 1 aromatic carbocycles. The quantitative estimate of drug-likeness (QED) is 0.852. The van der Waals surface area contributed by atoms with Crippen LogP contribution in [0.3, 0.4) is 0 Å². The predicted molar refractivity (Wildman–Crippen MR) is 94.8 cm³/mol. The second kappa shape index (κ2) is 8.70. The lowest BCUT2D eigenvalue weighted by molar-refractivity contribution is -0.124. The van der Waals surface area contributed by atoms with Crippen molar-refractivity contribution in [2.75, 3.05) is 0 Å². The first-order chi connectivity index (χ1) is 10.5. The van der Waals surface area contributed by atoms with E-state index in [1.54, 1.807) is 10.9 Å². The summed E-state index contributed by atoms with van der Waals surface area (Å²) in [5.41, 5.74) is 7.97. The fourth-order valence-corrected chi connectivity index (χ4v) is 2.37. The molecule has 0 saturated carbocycles. The molecule has 6 heteroatoms. The Hall–Kier alpha value is -1.85. The van der Waals surface area contributed by atoms with E-state index in [-0.39, 0.29) is 30.3 Å². The van der Waals surface area contributed by atoms with Gasteiger partial charge in [-0.2, -0.15) is 5.10 Å². The molecule has 0 aliphatic carbocycles. The van der Waals surface area contributed by atoms with Crippen LogP contribution in [0.1, 0.15) is 38.8 Å². The van der Waals surface area contributed by atoms with Gasteiger partial charge in [-0.15, -0.1) is 12.4 Å². The molecule has 0 spiro atoms. The van der Waals surface area contributed by atoms with Gasteiger partial charge in [-0.05, 0) is 30.5 Å². The maximum atomic E-state index is 12.3. The van der Waals surface area contributed by atoms with Crippen molar-refractivity contribution in [1.29, 1.82) is 0 Å². The van der Waals surface area contributed by atoms with E-state index in [1.807, 2.05) is 57.3 Å². The fraction of sp³-hybridized carbons (Fsp3) is 0.412. The Morgan fingerprint density at radius 3 is 2.61 bits per heavy atom. The SMILES string of the molecule is CCC(C)C(N)C(=O)NC(C)c1ccccc1-n1cccn1.Cl. The van der Waals surface area contributed by atoms with E-state index >= 15 is 0 Å². The highest BCUT2D eigenvalue weighted by atomic mass is 35.5. The number of amides is 1. The molecule has 2 aromatic rings. The van der Waals surface area contributed by atoms with Gasteiger partial charge >= 0.3 is 0 Å². The minimum atomic E-state index is -0.482. The summed E-state index contributed by atoms with van der Waals surface area (Å²) >= 11 is 0. The van der Waals surface area contributed by atoms with E-state index in [4.69, 9.17) is 5.73 Å². The van der Waals surface area contributed by atoms with Gasteiger partial charge in [-0.25, -0.2) is 4.68 Å². The maximum absolute atomic E-state index is 12.3. The molecule has 0 saturated heterocycles. The van der Waals surface area contributed by atoms with Gasteiger partial charge in [-0.3, -0.25) is 4.79 Å². The lowest BCUT2D eigenvalue weighted by atomic mass is 9.98. The van der Waals surface area contributed by atoms with Crippen LogP contribution in [0, 0.1) is 5.92 Å². The van der Waals surface area contributed by atoms with Crippen LogP contribution in [0.25, 0.3) is 5.69 Å². The van der Waals surface area contributed by atoms with Gasteiger partial charge in [0.15, 0.2) is 0 Å². The maximum Gasteiger partial charge on any atom is 0.237 e. The van der Waals surface area contributed by atoms with Crippen LogP contribution >= 0.6 is 12.4 Å². The first-order valence-corrected chi connectivity index (χ1v) is 7.69. The lowest BCUT2D eigenvalue weighted by Crippen LogP contribution is -2.45. The van der Waals surface area contributed by atoms with Gasteiger partial charge in [0.05, 0.1) is 17.8 Å². The summed E-state index contributed by atoms with van der Waals surface area (Å²) in [6.07, 6.45) is 4.50. The highest BCUT2D eigenvalue weighted by Crippen LogP contribution is 2.21. The summed E-state index contributed by atoms with van der Waals surface area (Å²) in [5.74, 6) is 0.0469. The van der Waals surface area contributed by atoms with Gasteiger partial charge in [0.2, 0.25) is 5.91 Å².